The van der Waals surface area contributed by atoms with E-state index in [1.54, 1.807) is 6.07 Å². The summed E-state index contributed by atoms with van der Waals surface area (Å²) in [4.78, 5) is 4.40. The Hall–Kier alpha value is -1.88. The quantitative estimate of drug-likeness (QED) is 0.728. The number of benzene rings is 2. The van der Waals surface area contributed by atoms with Crippen LogP contribution < -0.4 is 5.32 Å². The van der Waals surface area contributed by atoms with Crippen molar-refractivity contribution in [2.75, 3.05) is 5.32 Å². The van der Waals surface area contributed by atoms with E-state index in [2.05, 4.69) is 26.2 Å². The van der Waals surface area contributed by atoms with Crippen LogP contribution in [0.25, 0.3) is 11.1 Å². The van der Waals surface area contributed by atoms with Crippen LogP contribution in [0.5, 0.6) is 0 Å². The van der Waals surface area contributed by atoms with Crippen molar-refractivity contribution in [3.63, 3.8) is 0 Å². The van der Waals surface area contributed by atoms with Gasteiger partial charge < -0.3 is 9.73 Å². The van der Waals surface area contributed by atoms with Crippen LogP contribution in [-0.4, -0.2) is 4.98 Å². The van der Waals surface area contributed by atoms with Gasteiger partial charge in [-0.05, 0) is 51.8 Å². The summed E-state index contributed by atoms with van der Waals surface area (Å²) in [6.07, 6.45) is 0.773. The van der Waals surface area contributed by atoms with E-state index in [1.165, 1.54) is 6.07 Å². The summed E-state index contributed by atoms with van der Waals surface area (Å²) in [5.41, 5.74) is 3.43. The van der Waals surface area contributed by atoms with Gasteiger partial charge in [0.25, 0.3) is 0 Å². The molecule has 3 rings (SSSR count). The molecule has 0 saturated heterocycles. The maximum atomic E-state index is 13.5. The Balaban J connectivity index is 1.76. The molecular formula is C16H14BrFN2O. The summed E-state index contributed by atoms with van der Waals surface area (Å²) >= 11 is 3.15. The minimum atomic E-state index is -0.256. The number of aryl methyl sites for hydroxylation is 1. The number of hydrogen-bond donors (Lipinski definition) is 1. The van der Waals surface area contributed by atoms with Crippen molar-refractivity contribution in [2.24, 2.45) is 0 Å². The maximum absolute atomic E-state index is 13.5. The monoisotopic (exact) mass is 348 g/mol. The predicted octanol–water partition coefficient (Wildman–Crippen LogP) is 4.90. The molecule has 0 aliphatic heterocycles. The lowest BCUT2D eigenvalue weighted by Crippen LogP contribution is -1.99. The lowest BCUT2D eigenvalue weighted by atomic mass is 10.2. The number of fused-ring (bicyclic) bond motifs is 1. The van der Waals surface area contributed by atoms with E-state index in [1.807, 2.05) is 31.2 Å². The van der Waals surface area contributed by atoms with E-state index in [9.17, 15) is 4.39 Å². The number of rotatable bonds is 4. The fourth-order valence-electron chi connectivity index (χ4n) is 2.09. The average Bonchev–Trinajstić information content (AvgIpc) is 2.90. The van der Waals surface area contributed by atoms with E-state index in [4.69, 9.17) is 4.42 Å². The zero-order chi connectivity index (χ0) is 14.8. The Bertz CT molecular complexity index is 785. The van der Waals surface area contributed by atoms with E-state index >= 15 is 0 Å². The van der Waals surface area contributed by atoms with Crippen molar-refractivity contribution in [2.45, 2.75) is 19.9 Å². The molecule has 0 amide bonds. The third-order valence-electron chi connectivity index (χ3n) is 3.21. The van der Waals surface area contributed by atoms with Crippen LogP contribution in [0.3, 0.4) is 0 Å². The standard InChI is InChI=1S/C16H14BrFN2O/c1-2-16-20-14-8-11(4-6-15(14)21-16)19-9-10-3-5-12(17)13(18)7-10/h3-8,19H,2,9H2,1H3. The number of nitrogens with zero attached hydrogens (tertiary/aromatic N) is 1. The molecule has 5 heteroatoms. The normalized spacial score (nSPS) is 11.0. The summed E-state index contributed by atoms with van der Waals surface area (Å²) in [5.74, 6) is 0.478. The molecular weight excluding hydrogens is 335 g/mol. The summed E-state index contributed by atoms with van der Waals surface area (Å²) in [7, 11) is 0. The zero-order valence-electron chi connectivity index (χ0n) is 11.5. The Morgan fingerprint density at radius 2 is 2.10 bits per heavy atom. The summed E-state index contributed by atoms with van der Waals surface area (Å²) in [6, 6.07) is 10.9. The average molecular weight is 349 g/mol. The molecule has 1 aromatic heterocycles. The SMILES string of the molecule is CCc1nc2cc(NCc3ccc(Br)c(F)c3)ccc2o1. The summed E-state index contributed by atoms with van der Waals surface area (Å²) < 4.78 is 19.5. The molecule has 0 spiro atoms. The van der Waals surface area contributed by atoms with Crippen LogP contribution in [-0.2, 0) is 13.0 Å². The van der Waals surface area contributed by atoms with Crippen molar-refractivity contribution in [1.29, 1.82) is 0 Å². The highest BCUT2D eigenvalue weighted by molar-refractivity contribution is 9.10. The molecule has 0 fully saturated rings. The van der Waals surface area contributed by atoms with Crippen LogP contribution in [0.15, 0.2) is 45.3 Å². The molecule has 1 heterocycles. The number of aromatic nitrogens is 1. The van der Waals surface area contributed by atoms with Crippen molar-refractivity contribution in [1.82, 2.24) is 4.98 Å². The van der Waals surface area contributed by atoms with Gasteiger partial charge in [-0.3, -0.25) is 0 Å². The van der Waals surface area contributed by atoms with E-state index in [0.29, 0.717) is 11.0 Å². The van der Waals surface area contributed by atoms with Crippen LogP contribution in [0, 0.1) is 5.82 Å². The fraction of sp³-hybridized carbons (Fsp3) is 0.188. The molecule has 0 aliphatic rings. The third kappa shape index (κ3) is 3.08. The van der Waals surface area contributed by atoms with Crippen LogP contribution >= 0.6 is 15.9 Å². The molecule has 0 atom stereocenters. The van der Waals surface area contributed by atoms with Gasteiger partial charge in [-0.2, -0.15) is 0 Å². The van der Waals surface area contributed by atoms with Crippen LogP contribution in [0.2, 0.25) is 0 Å². The van der Waals surface area contributed by atoms with Crippen LogP contribution in [0.4, 0.5) is 10.1 Å². The Kier molecular flexibility index (Phi) is 3.92. The molecule has 21 heavy (non-hydrogen) atoms. The van der Waals surface area contributed by atoms with Gasteiger partial charge in [-0.15, -0.1) is 0 Å². The van der Waals surface area contributed by atoms with Gasteiger partial charge in [0.2, 0.25) is 0 Å². The topological polar surface area (TPSA) is 38.1 Å². The molecule has 1 N–H and O–H groups in total. The second kappa shape index (κ2) is 5.85. The minimum absolute atomic E-state index is 0.256. The van der Waals surface area contributed by atoms with Crippen LogP contribution in [0.1, 0.15) is 18.4 Å². The van der Waals surface area contributed by atoms with Crippen molar-refractivity contribution in [3.8, 4) is 0 Å². The number of anilines is 1. The van der Waals surface area contributed by atoms with E-state index in [-0.39, 0.29) is 5.82 Å². The molecule has 0 bridgehead atoms. The number of halogens is 2. The first-order valence-electron chi connectivity index (χ1n) is 6.73. The minimum Gasteiger partial charge on any atom is -0.441 e. The zero-order valence-corrected chi connectivity index (χ0v) is 13.1. The highest BCUT2D eigenvalue weighted by Gasteiger charge is 2.05. The van der Waals surface area contributed by atoms with E-state index < -0.39 is 0 Å². The smallest absolute Gasteiger partial charge is 0.195 e. The van der Waals surface area contributed by atoms with Crippen molar-refractivity contribution >= 4 is 32.7 Å². The first-order valence-corrected chi connectivity index (χ1v) is 7.52. The number of oxazole rings is 1. The summed E-state index contributed by atoms with van der Waals surface area (Å²) in [5, 5.41) is 3.26. The lowest BCUT2D eigenvalue weighted by Gasteiger charge is -2.07. The van der Waals surface area contributed by atoms with Crippen molar-refractivity contribution in [3.05, 3.63) is 58.1 Å². The maximum Gasteiger partial charge on any atom is 0.195 e. The number of hydrogen-bond acceptors (Lipinski definition) is 3. The Morgan fingerprint density at radius 1 is 1.24 bits per heavy atom. The fourth-order valence-corrected chi connectivity index (χ4v) is 2.34. The second-order valence-electron chi connectivity index (χ2n) is 4.75. The molecule has 108 valence electrons. The first kappa shape index (κ1) is 14.1. The highest BCUT2D eigenvalue weighted by atomic mass is 79.9. The predicted molar refractivity (Wildman–Crippen MR) is 84.8 cm³/mol. The van der Waals surface area contributed by atoms with Crippen molar-refractivity contribution < 1.29 is 8.81 Å². The Morgan fingerprint density at radius 3 is 2.86 bits per heavy atom. The lowest BCUT2D eigenvalue weighted by molar-refractivity contribution is 0.538. The van der Waals surface area contributed by atoms with Gasteiger partial charge in [-0.25, -0.2) is 9.37 Å². The molecule has 0 saturated carbocycles. The molecule has 2 aromatic carbocycles. The summed E-state index contributed by atoms with van der Waals surface area (Å²) in [6.45, 7) is 2.56. The second-order valence-corrected chi connectivity index (χ2v) is 5.60. The van der Waals surface area contributed by atoms with Gasteiger partial charge in [0.1, 0.15) is 11.3 Å². The molecule has 3 aromatic rings. The van der Waals surface area contributed by atoms with Gasteiger partial charge in [0.15, 0.2) is 11.5 Å². The molecule has 3 nitrogen and oxygen atoms in total. The van der Waals surface area contributed by atoms with Gasteiger partial charge in [0.05, 0.1) is 4.47 Å². The first-order chi connectivity index (χ1) is 10.2. The Labute approximate surface area is 130 Å². The van der Waals surface area contributed by atoms with Gasteiger partial charge in [0, 0.05) is 18.7 Å². The molecule has 0 unspecified atom stereocenters. The van der Waals surface area contributed by atoms with Gasteiger partial charge >= 0.3 is 0 Å². The third-order valence-corrected chi connectivity index (χ3v) is 3.86. The number of nitrogens with one attached hydrogen (secondary N) is 1. The largest absolute Gasteiger partial charge is 0.441 e. The van der Waals surface area contributed by atoms with E-state index in [0.717, 1.165) is 34.7 Å². The highest BCUT2D eigenvalue weighted by Crippen LogP contribution is 2.21. The molecule has 0 radical (unpaired) electrons. The van der Waals surface area contributed by atoms with Gasteiger partial charge in [-0.1, -0.05) is 13.0 Å². The molecule has 0 aliphatic carbocycles.